The summed E-state index contributed by atoms with van der Waals surface area (Å²) < 4.78 is 0. The van der Waals surface area contributed by atoms with Crippen LogP contribution >= 0.6 is 0 Å². The Morgan fingerprint density at radius 2 is 0.962 bits per heavy atom. The van der Waals surface area contributed by atoms with Crippen LogP contribution in [-0.4, -0.2) is 24.1 Å². The normalized spacial score (nSPS) is 19.2. The molecule has 1 aliphatic carbocycles. The molecule has 2 aromatic carbocycles. The van der Waals surface area contributed by atoms with Crippen LogP contribution in [0.3, 0.4) is 0 Å². The molecule has 4 amide bonds. The van der Waals surface area contributed by atoms with Crippen LogP contribution in [0.5, 0.6) is 0 Å². The van der Waals surface area contributed by atoms with Crippen LogP contribution < -0.4 is 21.3 Å². The van der Waals surface area contributed by atoms with E-state index in [1.54, 1.807) is 0 Å². The number of carbonyl (C=O) groups excluding carboxylic acids is 2. The summed E-state index contributed by atoms with van der Waals surface area (Å²) in [5.41, 5.74) is 1.55. The number of carbonyl (C=O) groups is 2. The fourth-order valence-corrected chi connectivity index (χ4v) is 3.13. The highest BCUT2D eigenvalue weighted by Crippen LogP contribution is 2.19. The lowest BCUT2D eigenvalue weighted by atomic mass is 9.91. The first kappa shape index (κ1) is 17.8. The van der Waals surface area contributed by atoms with E-state index in [9.17, 15) is 9.59 Å². The minimum atomic E-state index is -0.186. The predicted molar refractivity (Wildman–Crippen MR) is 103 cm³/mol. The number of benzene rings is 2. The first-order valence-electron chi connectivity index (χ1n) is 8.94. The van der Waals surface area contributed by atoms with Gasteiger partial charge < -0.3 is 21.3 Å². The Kier molecular flexibility index (Phi) is 6.09. The van der Waals surface area contributed by atoms with Crippen molar-refractivity contribution in [2.45, 2.75) is 37.8 Å². The molecule has 0 bridgehead atoms. The first-order valence-corrected chi connectivity index (χ1v) is 8.94. The van der Waals surface area contributed by atoms with Gasteiger partial charge in [0.05, 0.1) is 0 Å². The van der Waals surface area contributed by atoms with E-state index >= 15 is 0 Å². The van der Waals surface area contributed by atoms with E-state index in [0.717, 1.165) is 37.1 Å². The summed E-state index contributed by atoms with van der Waals surface area (Å²) in [5.74, 6) is 0. The van der Waals surface area contributed by atoms with Crippen LogP contribution in [0, 0.1) is 0 Å². The van der Waals surface area contributed by atoms with Gasteiger partial charge in [-0.15, -0.1) is 0 Å². The van der Waals surface area contributed by atoms with Crippen molar-refractivity contribution in [1.29, 1.82) is 0 Å². The van der Waals surface area contributed by atoms with E-state index < -0.39 is 0 Å². The summed E-state index contributed by atoms with van der Waals surface area (Å²) in [4.78, 5) is 24.1. The quantitative estimate of drug-likeness (QED) is 0.672. The topological polar surface area (TPSA) is 82.3 Å². The van der Waals surface area contributed by atoms with Gasteiger partial charge in [-0.2, -0.15) is 0 Å². The van der Waals surface area contributed by atoms with Gasteiger partial charge in [-0.3, -0.25) is 0 Å². The van der Waals surface area contributed by atoms with Gasteiger partial charge in [0, 0.05) is 23.5 Å². The third-order valence-electron chi connectivity index (χ3n) is 4.46. The molecular formula is C20H24N4O2. The lowest BCUT2D eigenvalue weighted by Gasteiger charge is -2.29. The zero-order chi connectivity index (χ0) is 18.2. The van der Waals surface area contributed by atoms with Crippen molar-refractivity contribution < 1.29 is 9.59 Å². The SMILES string of the molecule is O=C(Nc1ccccc1)N[C@H]1CC[C@H](NC(=O)Nc2ccccc2)CC1. The molecule has 6 nitrogen and oxygen atoms in total. The minimum Gasteiger partial charge on any atom is -0.335 e. The van der Waals surface area contributed by atoms with Crippen LogP contribution in [0.1, 0.15) is 25.7 Å². The number of urea groups is 2. The van der Waals surface area contributed by atoms with Gasteiger partial charge in [0.25, 0.3) is 0 Å². The fraction of sp³-hybridized carbons (Fsp3) is 0.300. The van der Waals surface area contributed by atoms with E-state index in [-0.39, 0.29) is 24.1 Å². The van der Waals surface area contributed by atoms with Gasteiger partial charge >= 0.3 is 12.1 Å². The fourth-order valence-electron chi connectivity index (χ4n) is 3.13. The van der Waals surface area contributed by atoms with Gasteiger partial charge in [0.1, 0.15) is 0 Å². The maximum atomic E-state index is 12.0. The van der Waals surface area contributed by atoms with E-state index in [0.29, 0.717) is 0 Å². The van der Waals surface area contributed by atoms with Gasteiger partial charge in [-0.05, 0) is 49.9 Å². The Morgan fingerprint density at radius 1 is 0.615 bits per heavy atom. The van der Waals surface area contributed by atoms with Crippen molar-refractivity contribution in [1.82, 2.24) is 10.6 Å². The van der Waals surface area contributed by atoms with Crippen LogP contribution in [-0.2, 0) is 0 Å². The van der Waals surface area contributed by atoms with Crippen LogP contribution in [0.2, 0.25) is 0 Å². The van der Waals surface area contributed by atoms with Gasteiger partial charge in [-0.1, -0.05) is 36.4 Å². The van der Waals surface area contributed by atoms with Crippen molar-refractivity contribution in [3.63, 3.8) is 0 Å². The molecule has 0 aliphatic heterocycles. The highest BCUT2D eigenvalue weighted by molar-refractivity contribution is 5.90. The second-order valence-corrected chi connectivity index (χ2v) is 6.48. The van der Waals surface area contributed by atoms with Gasteiger partial charge in [-0.25, -0.2) is 9.59 Å². The predicted octanol–water partition coefficient (Wildman–Crippen LogP) is 3.94. The van der Waals surface area contributed by atoms with Crippen molar-refractivity contribution in [3.05, 3.63) is 60.7 Å². The number of anilines is 2. The Morgan fingerprint density at radius 3 is 1.31 bits per heavy atom. The lowest BCUT2D eigenvalue weighted by molar-refractivity contribution is 0.233. The number of rotatable bonds is 4. The Balaban J connectivity index is 1.37. The highest BCUT2D eigenvalue weighted by Gasteiger charge is 2.23. The molecule has 0 atom stereocenters. The van der Waals surface area contributed by atoms with Crippen molar-refractivity contribution >= 4 is 23.4 Å². The smallest absolute Gasteiger partial charge is 0.319 e. The molecule has 4 N–H and O–H groups in total. The molecule has 1 fully saturated rings. The van der Waals surface area contributed by atoms with Gasteiger partial charge in [0.2, 0.25) is 0 Å². The molecule has 6 heteroatoms. The summed E-state index contributed by atoms with van der Waals surface area (Å²) in [6, 6.07) is 18.7. The molecule has 2 aromatic rings. The largest absolute Gasteiger partial charge is 0.335 e. The first-order chi connectivity index (χ1) is 12.7. The van der Waals surface area contributed by atoms with Crippen LogP contribution in [0.4, 0.5) is 21.0 Å². The zero-order valence-electron chi connectivity index (χ0n) is 14.6. The average molecular weight is 352 g/mol. The Hall–Kier alpha value is -3.02. The number of amides is 4. The molecule has 1 aliphatic rings. The third kappa shape index (κ3) is 5.51. The van der Waals surface area contributed by atoms with E-state index in [2.05, 4.69) is 21.3 Å². The monoisotopic (exact) mass is 352 g/mol. The molecule has 0 radical (unpaired) electrons. The summed E-state index contributed by atoms with van der Waals surface area (Å²) in [6.07, 6.45) is 3.38. The van der Waals surface area contributed by atoms with Crippen LogP contribution in [0.15, 0.2) is 60.7 Å². The Labute approximate surface area is 153 Å². The molecule has 136 valence electrons. The molecule has 3 rings (SSSR count). The Bertz CT molecular complexity index is 650. The van der Waals surface area contributed by atoms with E-state index in [4.69, 9.17) is 0 Å². The molecule has 26 heavy (non-hydrogen) atoms. The molecule has 0 spiro atoms. The number of hydrogen-bond donors (Lipinski definition) is 4. The number of nitrogens with one attached hydrogen (secondary N) is 4. The molecule has 0 unspecified atom stereocenters. The van der Waals surface area contributed by atoms with Crippen molar-refractivity contribution in [2.75, 3.05) is 10.6 Å². The highest BCUT2D eigenvalue weighted by atomic mass is 16.2. The van der Waals surface area contributed by atoms with E-state index in [1.165, 1.54) is 0 Å². The zero-order valence-corrected chi connectivity index (χ0v) is 14.6. The standard InChI is InChI=1S/C20H24N4O2/c25-19(21-15-7-3-1-4-8-15)23-17-11-13-18(14-12-17)24-20(26)22-16-9-5-2-6-10-16/h1-10,17-18H,11-14H2,(H2,21,23,25)(H2,22,24,26)/t17-,18-. The summed E-state index contributed by atoms with van der Waals surface area (Å²) >= 11 is 0. The average Bonchev–Trinajstić information content (AvgIpc) is 2.65. The summed E-state index contributed by atoms with van der Waals surface area (Å²) in [6.45, 7) is 0. The molecule has 1 saturated carbocycles. The maximum absolute atomic E-state index is 12.0. The maximum Gasteiger partial charge on any atom is 0.319 e. The minimum absolute atomic E-state index is 0.133. The van der Waals surface area contributed by atoms with Crippen molar-refractivity contribution in [2.24, 2.45) is 0 Å². The summed E-state index contributed by atoms with van der Waals surface area (Å²) in [5, 5.41) is 11.7. The second-order valence-electron chi connectivity index (χ2n) is 6.48. The van der Waals surface area contributed by atoms with Crippen molar-refractivity contribution in [3.8, 4) is 0 Å². The molecular weight excluding hydrogens is 328 g/mol. The lowest BCUT2D eigenvalue weighted by Crippen LogP contribution is -2.45. The number of hydrogen-bond acceptors (Lipinski definition) is 2. The second kappa shape index (κ2) is 8.89. The molecule has 0 saturated heterocycles. The van der Waals surface area contributed by atoms with Gasteiger partial charge in [0.15, 0.2) is 0 Å². The number of para-hydroxylation sites is 2. The molecule has 0 heterocycles. The van der Waals surface area contributed by atoms with E-state index in [1.807, 2.05) is 60.7 Å². The third-order valence-corrected chi connectivity index (χ3v) is 4.46. The summed E-state index contributed by atoms with van der Waals surface area (Å²) in [7, 11) is 0. The van der Waals surface area contributed by atoms with Crippen LogP contribution in [0.25, 0.3) is 0 Å². The molecule has 0 aromatic heterocycles.